The largest absolute Gasteiger partial charge is 0.497 e. The van der Waals surface area contributed by atoms with E-state index in [-0.39, 0.29) is 6.03 Å². The summed E-state index contributed by atoms with van der Waals surface area (Å²) in [5.41, 5.74) is 0.905. The first-order valence-electron chi connectivity index (χ1n) is 6.18. The predicted octanol–water partition coefficient (Wildman–Crippen LogP) is 2.00. The highest BCUT2D eigenvalue weighted by atomic mass is 16.5. The Labute approximate surface area is 118 Å². The van der Waals surface area contributed by atoms with Crippen molar-refractivity contribution < 1.29 is 9.53 Å². The van der Waals surface area contributed by atoms with Crippen LogP contribution in [0.1, 0.15) is 0 Å². The summed E-state index contributed by atoms with van der Waals surface area (Å²) in [7, 11) is 6.74. The zero-order valence-electron chi connectivity index (χ0n) is 12.1. The molecule has 2 amide bonds. The number of rotatable bonds is 3. The maximum Gasteiger partial charge on any atom is 0.324 e. The van der Waals surface area contributed by atoms with Gasteiger partial charge in [-0.1, -0.05) is 0 Å². The van der Waals surface area contributed by atoms with Gasteiger partial charge in [-0.3, -0.25) is 4.90 Å². The second-order valence-corrected chi connectivity index (χ2v) is 4.55. The normalized spacial score (nSPS) is 10.2. The number of amides is 2. The van der Waals surface area contributed by atoms with Gasteiger partial charge in [0, 0.05) is 33.4 Å². The van der Waals surface area contributed by atoms with Crippen molar-refractivity contribution in [2.24, 2.45) is 0 Å². The fourth-order valence-electron chi connectivity index (χ4n) is 1.77. The Morgan fingerprint density at radius 1 is 1.15 bits per heavy atom. The van der Waals surface area contributed by atoms with Gasteiger partial charge < -0.3 is 9.64 Å². The lowest BCUT2D eigenvalue weighted by Gasteiger charge is -2.19. The molecule has 0 bridgehead atoms. The van der Waals surface area contributed by atoms with E-state index in [2.05, 4.69) is 5.10 Å². The predicted molar refractivity (Wildman–Crippen MR) is 77.6 cm³/mol. The standard InChI is InChI=1S/C14H18N4O2/c1-16(2)14(19)17(3)13-9-10-18(15-13)11-5-7-12(20-4)8-6-11/h5-10H,1-4H3. The first-order valence-corrected chi connectivity index (χ1v) is 6.18. The molecule has 2 rings (SSSR count). The zero-order chi connectivity index (χ0) is 14.7. The summed E-state index contributed by atoms with van der Waals surface area (Å²) in [6.45, 7) is 0. The van der Waals surface area contributed by atoms with Crippen molar-refractivity contribution >= 4 is 11.8 Å². The topological polar surface area (TPSA) is 50.6 Å². The first-order chi connectivity index (χ1) is 9.52. The van der Waals surface area contributed by atoms with Crippen molar-refractivity contribution in [3.8, 4) is 11.4 Å². The highest BCUT2D eigenvalue weighted by Gasteiger charge is 2.15. The van der Waals surface area contributed by atoms with E-state index in [0.29, 0.717) is 5.82 Å². The number of anilines is 1. The quantitative estimate of drug-likeness (QED) is 0.860. The number of carbonyl (C=O) groups is 1. The highest BCUT2D eigenvalue weighted by Crippen LogP contribution is 2.17. The fourth-order valence-corrected chi connectivity index (χ4v) is 1.77. The Hall–Kier alpha value is -2.50. The monoisotopic (exact) mass is 274 g/mol. The average Bonchev–Trinajstić information content (AvgIpc) is 2.95. The summed E-state index contributed by atoms with van der Waals surface area (Å²) in [6.07, 6.45) is 1.82. The second-order valence-electron chi connectivity index (χ2n) is 4.55. The van der Waals surface area contributed by atoms with E-state index < -0.39 is 0 Å². The van der Waals surface area contributed by atoms with Crippen molar-refractivity contribution in [2.45, 2.75) is 0 Å². The molecular formula is C14H18N4O2. The van der Waals surface area contributed by atoms with Gasteiger partial charge in [0.1, 0.15) is 5.75 Å². The van der Waals surface area contributed by atoms with Gasteiger partial charge in [0.25, 0.3) is 0 Å². The number of urea groups is 1. The molecule has 6 heteroatoms. The number of hydrogen-bond donors (Lipinski definition) is 0. The van der Waals surface area contributed by atoms with Gasteiger partial charge in [0.2, 0.25) is 0 Å². The lowest BCUT2D eigenvalue weighted by atomic mass is 10.3. The van der Waals surface area contributed by atoms with Gasteiger partial charge in [-0.25, -0.2) is 9.48 Å². The van der Waals surface area contributed by atoms with E-state index in [1.807, 2.05) is 30.5 Å². The number of nitrogens with zero attached hydrogens (tertiary/aromatic N) is 4. The minimum atomic E-state index is -0.120. The minimum absolute atomic E-state index is 0.120. The summed E-state index contributed by atoms with van der Waals surface area (Å²) in [4.78, 5) is 14.9. The average molecular weight is 274 g/mol. The Bertz CT molecular complexity index is 589. The molecule has 2 aromatic rings. The Morgan fingerprint density at radius 3 is 2.35 bits per heavy atom. The van der Waals surface area contributed by atoms with Gasteiger partial charge >= 0.3 is 6.03 Å². The zero-order valence-corrected chi connectivity index (χ0v) is 12.1. The molecule has 0 aliphatic heterocycles. The van der Waals surface area contributed by atoms with E-state index in [1.165, 1.54) is 9.80 Å². The van der Waals surface area contributed by atoms with Crippen LogP contribution in [0, 0.1) is 0 Å². The molecule has 0 saturated carbocycles. The molecule has 0 unspecified atom stereocenters. The van der Waals surface area contributed by atoms with Gasteiger partial charge in [0.05, 0.1) is 12.8 Å². The molecule has 20 heavy (non-hydrogen) atoms. The maximum atomic E-state index is 11.9. The molecule has 0 fully saturated rings. The van der Waals surface area contributed by atoms with Crippen LogP contribution in [0.15, 0.2) is 36.5 Å². The van der Waals surface area contributed by atoms with Crippen LogP contribution in [-0.2, 0) is 0 Å². The molecule has 1 aromatic heterocycles. The lowest BCUT2D eigenvalue weighted by molar-refractivity contribution is 0.225. The van der Waals surface area contributed by atoms with Gasteiger partial charge in [-0.05, 0) is 24.3 Å². The lowest BCUT2D eigenvalue weighted by Crippen LogP contribution is -2.36. The van der Waals surface area contributed by atoms with Crippen LogP contribution in [0.4, 0.5) is 10.6 Å². The van der Waals surface area contributed by atoms with Crippen LogP contribution in [0.25, 0.3) is 5.69 Å². The molecule has 0 aliphatic rings. The van der Waals surface area contributed by atoms with Crippen molar-refractivity contribution in [1.82, 2.24) is 14.7 Å². The third kappa shape index (κ3) is 2.74. The number of carbonyl (C=O) groups excluding carboxylic acids is 1. The molecule has 0 saturated heterocycles. The Kier molecular flexibility index (Phi) is 3.93. The molecule has 0 radical (unpaired) electrons. The summed E-state index contributed by atoms with van der Waals surface area (Å²) in [5, 5.41) is 4.39. The van der Waals surface area contributed by atoms with E-state index in [0.717, 1.165) is 11.4 Å². The molecule has 0 N–H and O–H groups in total. The summed E-state index contributed by atoms with van der Waals surface area (Å²) < 4.78 is 6.83. The van der Waals surface area contributed by atoms with Crippen molar-refractivity contribution in [2.75, 3.05) is 33.2 Å². The van der Waals surface area contributed by atoms with Crippen LogP contribution in [0.3, 0.4) is 0 Å². The summed E-state index contributed by atoms with van der Waals surface area (Å²) >= 11 is 0. The molecule has 6 nitrogen and oxygen atoms in total. The molecule has 1 aromatic carbocycles. The minimum Gasteiger partial charge on any atom is -0.497 e. The van der Waals surface area contributed by atoms with E-state index in [1.54, 1.807) is 39.0 Å². The first kappa shape index (κ1) is 13.9. The number of methoxy groups -OCH3 is 1. The van der Waals surface area contributed by atoms with Crippen LogP contribution in [0.5, 0.6) is 5.75 Å². The summed E-state index contributed by atoms with van der Waals surface area (Å²) in [6, 6.07) is 9.22. The smallest absolute Gasteiger partial charge is 0.324 e. The third-order valence-corrected chi connectivity index (χ3v) is 2.93. The molecule has 106 valence electrons. The van der Waals surface area contributed by atoms with E-state index in [4.69, 9.17) is 4.74 Å². The second kappa shape index (κ2) is 5.64. The SMILES string of the molecule is COc1ccc(-n2ccc(N(C)C(=O)N(C)C)n2)cc1. The van der Waals surface area contributed by atoms with Crippen molar-refractivity contribution in [3.63, 3.8) is 0 Å². The van der Waals surface area contributed by atoms with Crippen LogP contribution in [-0.4, -0.2) is 49.0 Å². The number of aromatic nitrogens is 2. The molecular weight excluding hydrogens is 256 g/mol. The Morgan fingerprint density at radius 2 is 1.80 bits per heavy atom. The molecule has 1 heterocycles. The van der Waals surface area contributed by atoms with E-state index in [9.17, 15) is 4.79 Å². The van der Waals surface area contributed by atoms with Gasteiger partial charge in [-0.2, -0.15) is 0 Å². The van der Waals surface area contributed by atoms with Crippen molar-refractivity contribution in [3.05, 3.63) is 36.5 Å². The van der Waals surface area contributed by atoms with Crippen molar-refractivity contribution in [1.29, 1.82) is 0 Å². The van der Waals surface area contributed by atoms with Crippen LogP contribution >= 0.6 is 0 Å². The maximum absolute atomic E-state index is 11.9. The molecule has 0 aliphatic carbocycles. The number of benzene rings is 1. The third-order valence-electron chi connectivity index (χ3n) is 2.93. The van der Waals surface area contributed by atoms with E-state index >= 15 is 0 Å². The highest BCUT2D eigenvalue weighted by molar-refractivity contribution is 5.89. The van der Waals surface area contributed by atoms with Gasteiger partial charge in [0.15, 0.2) is 5.82 Å². The molecule has 0 atom stereocenters. The number of ether oxygens (including phenoxy) is 1. The fraction of sp³-hybridized carbons (Fsp3) is 0.286. The van der Waals surface area contributed by atoms with Crippen LogP contribution in [0.2, 0.25) is 0 Å². The Balaban J connectivity index is 2.21. The van der Waals surface area contributed by atoms with Crippen LogP contribution < -0.4 is 9.64 Å². The summed E-state index contributed by atoms with van der Waals surface area (Å²) in [5.74, 6) is 1.39. The van der Waals surface area contributed by atoms with Gasteiger partial charge in [-0.15, -0.1) is 5.10 Å². The molecule has 0 spiro atoms. The number of hydrogen-bond acceptors (Lipinski definition) is 3.